The van der Waals surface area contributed by atoms with E-state index in [-0.39, 0.29) is 56.1 Å². The van der Waals surface area contributed by atoms with Crippen LogP contribution in [0.2, 0.25) is 0 Å². The first-order chi connectivity index (χ1) is 29.7. The Balaban J connectivity index is 0.000000465. The van der Waals surface area contributed by atoms with Crippen molar-refractivity contribution in [2.75, 3.05) is 60.4 Å². The highest BCUT2D eigenvalue weighted by molar-refractivity contribution is 7.89. The number of methoxy groups -OCH3 is 2. The first kappa shape index (κ1) is 53.4. The summed E-state index contributed by atoms with van der Waals surface area (Å²) in [4.78, 5) is 33.3. The molecule has 2 saturated heterocycles. The van der Waals surface area contributed by atoms with E-state index in [0.717, 1.165) is 31.2 Å². The molecule has 2 amide bonds. The van der Waals surface area contributed by atoms with Crippen LogP contribution in [0.3, 0.4) is 0 Å². The van der Waals surface area contributed by atoms with Crippen LogP contribution >= 0.6 is 11.6 Å². The van der Waals surface area contributed by atoms with E-state index >= 15 is 0 Å². The van der Waals surface area contributed by atoms with Crippen molar-refractivity contribution in [1.29, 1.82) is 0 Å². The molecule has 0 bridgehead atoms. The van der Waals surface area contributed by atoms with Gasteiger partial charge in [0.25, 0.3) is 0 Å². The van der Waals surface area contributed by atoms with Gasteiger partial charge in [0, 0.05) is 37.3 Å². The summed E-state index contributed by atoms with van der Waals surface area (Å²) >= 11 is 4.60. The maximum atomic E-state index is 14.1. The van der Waals surface area contributed by atoms with Crippen LogP contribution in [0.5, 0.6) is 11.5 Å². The molecule has 63 heavy (non-hydrogen) atoms. The molecule has 356 valence electrons. The second-order valence-electron chi connectivity index (χ2n) is 17.5. The van der Waals surface area contributed by atoms with Crippen LogP contribution in [0.1, 0.15) is 79.2 Å². The molecule has 3 aliphatic rings. The predicted octanol–water partition coefficient (Wildman–Crippen LogP) is 6.43. The highest BCUT2D eigenvalue weighted by Crippen LogP contribution is 2.36. The van der Waals surface area contributed by atoms with Gasteiger partial charge in [0.15, 0.2) is 17.8 Å². The Morgan fingerprint density at radius 3 is 2.29 bits per heavy atom. The SMILES string of the molecule is CC(C)(CCCN)CN(C[C@@H](O)[C@H](Cc1ccccc1)NC(=O)O[C@H]1CO[C@H]2OCC[C@H]21)S(=O)(=O)c1ccc2c(c1)OCO2.COC(=O)Cl.COC(=O)NCCCC(C)(C)C(C)C. The molecule has 0 saturated carbocycles. The number of ether oxygens (including phenoxy) is 7. The summed E-state index contributed by atoms with van der Waals surface area (Å²) in [7, 11) is -1.51. The fraction of sp³-hybridized carbons (Fsp3) is 0.659. The minimum atomic E-state index is -4.11. The van der Waals surface area contributed by atoms with Crippen molar-refractivity contribution in [3.8, 4) is 11.5 Å². The molecule has 17 nitrogen and oxygen atoms in total. The van der Waals surface area contributed by atoms with Gasteiger partial charge in [-0.15, -0.1) is 0 Å². The highest BCUT2D eigenvalue weighted by atomic mass is 35.5. The van der Waals surface area contributed by atoms with E-state index in [1.54, 1.807) is 6.07 Å². The Labute approximate surface area is 377 Å². The number of nitrogens with zero attached hydrogens (tertiary/aromatic N) is 1. The first-order valence-electron chi connectivity index (χ1n) is 21.3. The summed E-state index contributed by atoms with van der Waals surface area (Å²) in [5.41, 5.74) is 5.74. The fourth-order valence-electron chi connectivity index (χ4n) is 7.02. The molecule has 2 aromatic rings. The number of nitrogens with two attached hydrogens (primary N) is 1. The molecule has 5 rings (SSSR count). The third-order valence-electron chi connectivity index (χ3n) is 11.5. The molecule has 5 N–H and O–H groups in total. The summed E-state index contributed by atoms with van der Waals surface area (Å²) in [5, 5.41) is 17.2. The van der Waals surface area contributed by atoms with E-state index in [1.807, 2.05) is 44.2 Å². The van der Waals surface area contributed by atoms with Crippen LogP contribution < -0.4 is 25.8 Å². The summed E-state index contributed by atoms with van der Waals surface area (Å²) in [5.74, 6) is 1.43. The minimum absolute atomic E-state index is 0.0116. The van der Waals surface area contributed by atoms with Crippen LogP contribution in [0.25, 0.3) is 0 Å². The van der Waals surface area contributed by atoms with Gasteiger partial charge >= 0.3 is 17.6 Å². The smallest absolute Gasteiger partial charge is 0.407 e. The third-order valence-corrected chi connectivity index (χ3v) is 13.5. The number of benzene rings is 2. The van der Waals surface area contributed by atoms with Gasteiger partial charge in [0.1, 0.15) is 6.10 Å². The molecular weight excluding hydrogens is 860 g/mol. The van der Waals surface area contributed by atoms with Gasteiger partial charge < -0.3 is 54.6 Å². The number of hydrogen-bond donors (Lipinski definition) is 4. The van der Waals surface area contributed by atoms with E-state index in [4.69, 9.17) is 29.4 Å². The van der Waals surface area contributed by atoms with Crippen LogP contribution in [0, 0.1) is 22.7 Å². The number of carbonyl (C=O) groups is 3. The number of alkyl carbamates (subject to hydrolysis) is 2. The van der Waals surface area contributed by atoms with Gasteiger partial charge in [-0.25, -0.2) is 22.8 Å². The number of fused-ring (bicyclic) bond motifs is 2. The Morgan fingerprint density at radius 2 is 1.65 bits per heavy atom. The second kappa shape index (κ2) is 25.5. The molecule has 3 aliphatic heterocycles. The van der Waals surface area contributed by atoms with Crippen molar-refractivity contribution in [3.05, 3.63) is 54.1 Å². The lowest BCUT2D eigenvalue weighted by Gasteiger charge is -2.35. The lowest BCUT2D eigenvalue weighted by Crippen LogP contribution is -2.52. The van der Waals surface area contributed by atoms with E-state index in [1.165, 1.54) is 30.7 Å². The van der Waals surface area contributed by atoms with Gasteiger partial charge in [-0.2, -0.15) is 4.31 Å². The average molecular weight is 930 g/mol. The number of carbonyl (C=O) groups excluding carboxylic acids is 3. The Hall–Kier alpha value is -3.91. The molecule has 0 unspecified atom stereocenters. The quantitative estimate of drug-likeness (QED) is 0.0678. The number of rotatable bonds is 19. The summed E-state index contributed by atoms with van der Waals surface area (Å²) in [6.45, 7) is 14.7. The zero-order chi connectivity index (χ0) is 46.8. The third kappa shape index (κ3) is 17.5. The molecule has 3 heterocycles. The van der Waals surface area contributed by atoms with Crippen LogP contribution in [-0.2, 0) is 40.1 Å². The number of sulfonamides is 1. The molecule has 19 heteroatoms. The number of aliphatic hydroxyl groups is 1. The molecule has 0 spiro atoms. The molecule has 0 aliphatic carbocycles. The maximum absolute atomic E-state index is 14.1. The number of halogens is 1. The van der Waals surface area contributed by atoms with Crippen molar-refractivity contribution in [3.63, 3.8) is 0 Å². The maximum Gasteiger partial charge on any atom is 0.407 e. The van der Waals surface area contributed by atoms with Gasteiger partial charge in [0.2, 0.25) is 16.8 Å². The lowest BCUT2D eigenvalue weighted by atomic mass is 9.77. The van der Waals surface area contributed by atoms with Gasteiger partial charge in [-0.3, -0.25) is 0 Å². The summed E-state index contributed by atoms with van der Waals surface area (Å²) < 4.78 is 65.5. The highest BCUT2D eigenvalue weighted by Gasteiger charge is 2.44. The molecule has 0 aromatic heterocycles. The van der Waals surface area contributed by atoms with E-state index in [9.17, 15) is 27.9 Å². The van der Waals surface area contributed by atoms with Crippen molar-refractivity contribution in [2.45, 2.75) is 110 Å². The number of nitrogens with one attached hydrogen (secondary N) is 2. The number of aliphatic hydroxyl groups excluding tert-OH is 1. The van der Waals surface area contributed by atoms with Gasteiger partial charge in [0.05, 0.1) is 50.4 Å². The molecule has 5 atom stereocenters. The van der Waals surface area contributed by atoms with Crippen molar-refractivity contribution < 1.29 is 61.1 Å². The second-order valence-corrected chi connectivity index (χ2v) is 19.7. The topological polar surface area (TPSA) is 224 Å². The summed E-state index contributed by atoms with van der Waals surface area (Å²) in [6.07, 6.45) is 1.32. The minimum Gasteiger partial charge on any atom is -0.457 e. The van der Waals surface area contributed by atoms with Gasteiger partial charge in [-0.05, 0) is 79.5 Å². The number of hydrogen-bond acceptors (Lipinski definition) is 14. The summed E-state index contributed by atoms with van der Waals surface area (Å²) in [6, 6.07) is 13.0. The Morgan fingerprint density at radius 1 is 0.968 bits per heavy atom. The van der Waals surface area contributed by atoms with Crippen LogP contribution in [0.4, 0.5) is 14.4 Å². The van der Waals surface area contributed by atoms with Crippen molar-refractivity contribution in [1.82, 2.24) is 14.9 Å². The van der Waals surface area contributed by atoms with Crippen LogP contribution in [0.15, 0.2) is 53.4 Å². The van der Waals surface area contributed by atoms with Crippen molar-refractivity contribution in [2.24, 2.45) is 28.4 Å². The van der Waals surface area contributed by atoms with Gasteiger partial charge in [-0.1, -0.05) is 71.9 Å². The van der Waals surface area contributed by atoms with E-state index in [2.05, 4.69) is 59.4 Å². The fourth-order valence-corrected chi connectivity index (χ4v) is 8.69. The van der Waals surface area contributed by atoms with Crippen LogP contribution in [-0.4, -0.2) is 120 Å². The van der Waals surface area contributed by atoms with E-state index in [0.29, 0.717) is 48.9 Å². The monoisotopic (exact) mass is 928 g/mol. The predicted molar refractivity (Wildman–Crippen MR) is 237 cm³/mol. The zero-order valence-corrected chi connectivity index (χ0v) is 39.5. The average Bonchev–Trinajstić information content (AvgIpc) is 4.01. The molecule has 2 aromatic carbocycles. The Bertz CT molecular complexity index is 1840. The Kier molecular flexibility index (Phi) is 21.7. The zero-order valence-electron chi connectivity index (χ0n) is 37.9. The largest absolute Gasteiger partial charge is 0.457 e. The normalized spacial score (nSPS) is 18.8. The first-order valence-corrected chi connectivity index (χ1v) is 23.1. The standard InChI is InChI=1S/C31H43N3O9S.C11H23NO2.C2H3ClO2/c1-31(2,12-6-13-32)19-34(44(37,38)22-9-10-26-27(16-22)42-20-41-26)17-25(35)24(15-21-7-4-3-5-8-21)33-30(36)43-28-18-40-29-23(28)11-14-39-29;1-9(2)11(3,4)7-6-8-12-10(13)14-5;1-5-2(3)4/h3-5,7-10,16,23-25,28-29,35H,6,11-15,17-20,32H2,1-2H3,(H,33,36);9H,6-8H2,1-5H3,(H,12,13);1H3/t23-,24-,25+,28-,29+;;/m0../s1. The molecule has 0 radical (unpaired) electrons. The molecular formula is C44H69ClN4O13S. The lowest BCUT2D eigenvalue weighted by molar-refractivity contribution is -0.0907. The number of amides is 2. The van der Waals surface area contributed by atoms with Crippen molar-refractivity contribution >= 4 is 39.2 Å². The van der Waals surface area contributed by atoms with E-state index < -0.39 is 45.2 Å². The molecule has 2 fully saturated rings.